The number of furan rings is 1. The van der Waals surface area contributed by atoms with Crippen LogP contribution >= 0.6 is 0 Å². The summed E-state index contributed by atoms with van der Waals surface area (Å²) in [6.07, 6.45) is 3.51. The van der Waals surface area contributed by atoms with E-state index in [0.717, 1.165) is 25.9 Å². The number of rotatable bonds is 2. The maximum Gasteiger partial charge on any atom is 0.258 e. The zero-order valence-corrected chi connectivity index (χ0v) is 14.4. The van der Waals surface area contributed by atoms with Gasteiger partial charge in [-0.2, -0.15) is 10.2 Å². The minimum Gasteiger partial charge on any atom is -0.469 e. The van der Waals surface area contributed by atoms with Crippen LogP contribution in [0.2, 0.25) is 0 Å². The molecular formula is C18H19N5O3. The lowest BCUT2D eigenvalue weighted by atomic mass is 9.82. The number of piperidine rings is 1. The monoisotopic (exact) mass is 353 g/mol. The van der Waals surface area contributed by atoms with Crippen molar-refractivity contribution >= 4 is 17.7 Å². The van der Waals surface area contributed by atoms with E-state index >= 15 is 0 Å². The quantitative estimate of drug-likeness (QED) is 0.851. The Balaban J connectivity index is 1.79. The fourth-order valence-corrected chi connectivity index (χ4v) is 3.64. The van der Waals surface area contributed by atoms with Crippen LogP contribution in [0.15, 0.2) is 27.6 Å². The molecule has 0 aliphatic carbocycles. The molecule has 2 aromatic rings. The second-order valence-corrected chi connectivity index (χ2v) is 6.91. The van der Waals surface area contributed by atoms with E-state index in [9.17, 15) is 14.9 Å². The molecule has 0 spiro atoms. The zero-order valence-electron chi connectivity index (χ0n) is 14.4. The summed E-state index contributed by atoms with van der Waals surface area (Å²) in [4.78, 5) is 34.6. The molecule has 2 aromatic heterocycles. The van der Waals surface area contributed by atoms with Gasteiger partial charge in [0.25, 0.3) is 5.56 Å². The van der Waals surface area contributed by atoms with E-state index in [1.807, 2.05) is 11.0 Å². The molecule has 26 heavy (non-hydrogen) atoms. The van der Waals surface area contributed by atoms with Crippen molar-refractivity contribution in [2.75, 3.05) is 23.3 Å². The Morgan fingerprint density at radius 2 is 2.12 bits per heavy atom. The van der Waals surface area contributed by atoms with E-state index in [-0.39, 0.29) is 16.9 Å². The van der Waals surface area contributed by atoms with Crippen LogP contribution < -0.4 is 15.8 Å². The lowest BCUT2D eigenvalue weighted by Gasteiger charge is -2.32. The summed E-state index contributed by atoms with van der Waals surface area (Å²) in [7, 11) is 0. The molecule has 1 fully saturated rings. The number of hydrogen-bond acceptors (Lipinski definition) is 6. The highest BCUT2D eigenvalue weighted by molar-refractivity contribution is 5.97. The molecule has 4 heterocycles. The first-order chi connectivity index (χ1) is 12.6. The zero-order chi connectivity index (χ0) is 18.3. The Morgan fingerprint density at radius 1 is 1.35 bits per heavy atom. The average molecular weight is 353 g/mol. The standard InChI is InChI=1S/C18H19N5O3/c1-10-4-6-23(7-5-10)18-21-15-14(17(25)22-18)13(12-3-2-8-26-12)11(9-19)16(24)20-15/h2-3,8,10-11,13H,4-7H2,1H3,(H2,20,21,22,24,25). The Morgan fingerprint density at radius 3 is 2.77 bits per heavy atom. The van der Waals surface area contributed by atoms with Gasteiger partial charge in [-0.05, 0) is 30.9 Å². The maximum absolute atomic E-state index is 12.8. The highest BCUT2D eigenvalue weighted by Crippen LogP contribution is 2.38. The summed E-state index contributed by atoms with van der Waals surface area (Å²) >= 11 is 0. The maximum atomic E-state index is 12.8. The highest BCUT2D eigenvalue weighted by Gasteiger charge is 2.42. The first-order valence-electron chi connectivity index (χ1n) is 8.71. The Kier molecular flexibility index (Phi) is 3.99. The van der Waals surface area contributed by atoms with Gasteiger partial charge >= 0.3 is 0 Å². The van der Waals surface area contributed by atoms with E-state index in [4.69, 9.17) is 4.42 Å². The average Bonchev–Trinajstić information content (AvgIpc) is 3.15. The molecule has 1 amide bonds. The molecule has 2 unspecified atom stereocenters. The van der Waals surface area contributed by atoms with Gasteiger partial charge < -0.3 is 14.6 Å². The molecule has 8 heteroatoms. The van der Waals surface area contributed by atoms with Crippen LogP contribution in [-0.2, 0) is 4.79 Å². The number of H-pyrrole nitrogens is 1. The Bertz CT molecular complexity index is 919. The number of fused-ring (bicyclic) bond motifs is 1. The van der Waals surface area contributed by atoms with Crippen molar-refractivity contribution in [2.45, 2.75) is 25.7 Å². The van der Waals surface area contributed by atoms with Crippen LogP contribution in [0, 0.1) is 23.2 Å². The summed E-state index contributed by atoms with van der Waals surface area (Å²) in [6, 6.07) is 5.31. The predicted octanol–water partition coefficient (Wildman–Crippen LogP) is 1.82. The van der Waals surface area contributed by atoms with Crippen molar-refractivity contribution < 1.29 is 9.21 Å². The number of nitriles is 1. The molecule has 0 saturated carbocycles. The molecule has 2 N–H and O–H groups in total. The van der Waals surface area contributed by atoms with Gasteiger partial charge in [-0.3, -0.25) is 14.6 Å². The van der Waals surface area contributed by atoms with Crippen molar-refractivity contribution in [1.29, 1.82) is 5.26 Å². The summed E-state index contributed by atoms with van der Waals surface area (Å²) in [6.45, 7) is 3.81. The van der Waals surface area contributed by atoms with Crippen LogP contribution in [0.25, 0.3) is 0 Å². The van der Waals surface area contributed by atoms with Gasteiger partial charge in [0.1, 0.15) is 17.5 Å². The van der Waals surface area contributed by atoms with Crippen molar-refractivity contribution in [3.63, 3.8) is 0 Å². The topological polar surface area (TPSA) is 115 Å². The lowest BCUT2D eigenvalue weighted by molar-refractivity contribution is -0.119. The van der Waals surface area contributed by atoms with E-state index in [1.54, 1.807) is 12.1 Å². The van der Waals surface area contributed by atoms with Gasteiger partial charge in [0.15, 0.2) is 0 Å². The van der Waals surface area contributed by atoms with E-state index in [2.05, 4.69) is 22.2 Å². The fourth-order valence-electron chi connectivity index (χ4n) is 3.64. The van der Waals surface area contributed by atoms with Gasteiger partial charge in [-0.1, -0.05) is 6.92 Å². The molecule has 1 saturated heterocycles. The summed E-state index contributed by atoms with van der Waals surface area (Å²) in [5.41, 5.74) is -0.0921. The third-order valence-electron chi connectivity index (χ3n) is 5.18. The van der Waals surface area contributed by atoms with E-state index in [1.165, 1.54) is 6.26 Å². The minimum absolute atomic E-state index is 0.209. The van der Waals surface area contributed by atoms with Crippen LogP contribution in [0.1, 0.15) is 37.0 Å². The molecule has 8 nitrogen and oxygen atoms in total. The SMILES string of the molecule is CC1CCN(c2nc3c(c(=O)[nH]2)C(c2ccco2)C(C#N)C(=O)N3)CC1. The Labute approximate surface area is 149 Å². The van der Waals surface area contributed by atoms with Gasteiger partial charge in [0.2, 0.25) is 11.9 Å². The van der Waals surface area contributed by atoms with Crippen molar-refractivity contribution in [1.82, 2.24) is 9.97 Å². The molecule has 0 aromatic carbocycles. The van der Waals surface area contributed by atoms with E-state index < -0.39 is 17.7 Å². The van der Waals surface area contributed by atoms with Crippen molar-refractivity contribution in [3.05, 3.63) is 40.1 Å². The minimum atomic E-state index is -1.04. The molecule has 0 bridgehead atoms. The molecule has 2 atom stereocenters. The number of amides is 1. The van der Waals surface area contributed by atoms with Crippen LogP contribution in [0.4, 0.5) is 11.8 Å². The van der Waals surface area contributed by atoms with Crippen LogP contribution in [-0.4, -0.2) is 29.0 Å². The number of hydrogen-bond donors (Lipinski definition) is 2. The number of aromatic amines is 1. The third kappa shape index (κ3) is 2.65. The van der Waals surface area contributed by atoms with Crippen molar-refractivity contribution in [3.8, 4) is 6.07 Å². The number of nitrogens with one attached hydrogen (secondary N) is 2. The largest absolute Gasteiger partial charge is 0.469 e. The number of carbonyl (C=O) groups excluding carboxylic acids is 1. The van der Waals surface area contributed by atoms with Gasteiger partial charge in [0, 0.05) is 13.1 Å². The van der Waals surface area contributed by atoms with Gasteiger partial charge in [0.05, 0.1) is 23.8 Å². The molecule has 2 aliphatic rings. The van der Waals surface area contributed by atoms with Gasteiger partial charge in [-0.15, -0.1) is 0 Å². The number of aromatic nitrogens is 2. The first kappa shape index (κ1) is 16.4. The second kappa shape index (κ2) is 6.33. The summed E-state index contributed by atoms with van der Waals surface area (Å²) in [5.74, 6) is -0.578. The molecule has 134 valence electrons. The lowest BCUT2D eigenvalue weighted by Crippen LogP contribution is -2.40. The summed E-state index contributed by atoms with van der Waals surface area (Å²) in [5, 5.41) is 12.1. The third-order valence-corrected chi connectivity index (χ3v) is 5.18. The number of carbonyl (C=O) groups is 1. The van der Waals surface area contributed by atoms with E-state index in [0.29, 0.717) is 17.6 Å². The summed E-state index contributed by atoms with van der Waals surface area (Å²) < 4.78 is 5.40. The fraction of sp³-hybridized carbons (Fsp3) is 0.444. The van der Waals surface area contributed by atoms with Crippen LogP contribution in [0.5, 0.6) is 0 Å². The van der Waals surface area contributed by atoms with Crippen LogP contribution in [0.3, 0.4) is 0 Å². The molecular weight excluding hydrogens is 334 g/mol. The number of anilines is 2. The molecule has 2 aliphatic heterocycles. The molecule has 4 rings (SSSR count). The second-order valence-electron chi connectivity index (χ2n) is 6.91. The number of nitrogens with zero attached hydrogens (tertiary/aromatic N) is 3. The predicted molar refractivity (Wildman–Crippen MR) is 93.8 cm³/mol. The first-order valence-corrected chi connectivity index (χ1v) is 8.71. The Hall–Kier alpha value is -3.08. The highest BCUT2D eigenvalue weighted by atomic mass is 16.3. The van der Waals surface area contributed by atoms with Gasteiger partial charge in [-0.25, -0.2) is 0 Å². The van der Waals surface area contributed by atoms with Crippen molar-refractivity contribution in [2.24, 2.45) is 11.8 Å². The normalized spacial score (nSPS) is 23.2. The smallest absolute Gasteiger partial charge is 0.258 e. The molecule has 0 radical (unpaired) electrons.